The molecule has 0 saturated heterocycles. The van der Waals surface area contributed by atoms with Gasteiger partial charge < -0.3 is 15.4 Å². The fraction of sp³-hybridized carbons (Fsp3) is 0.727. The molecule has 0 radical (unpaired) electrons. The van der Waals surface area contributed by atoms with E-state index in [-0.39, 0.29) is 12.3 Å². The Labute approximate surface area is 92.1 Å². The van der Waals surface area contributed by atoms with Crippen molar-refractivity contribution < 1.29 is 9.53 Å². The van der Waals surface area contributed by atoms with Crippen molar-refractivity contribution in [3.05, 3.63) is 12.3 Å². The van der Waals surface area contributed by atoms with Gasteiger partial charge >= 0.3 is 0 Å². The first-order valence-corrected chi connectivity index (χ1v) is 5.30. The predicted molar refractivity (Wildman–Crippen MR) is 61.2 cm³/mol. The number of hydrogen-bond donors (Lipinski definition) is 2. The van der Waals surface area contributed by atoms with E-state index in [1.165, 1.54) is 0 Å². The summed E-state index contributed by atoms with van der Waals surface area (Å²) < 4.78 is 5.60. The van der Waals surface area contributed by atoms with Crippen LogP contribution in [0.1, 0.15) is 27.7 Å². The summed E-state index contributed by atoms with van der Waals surface area (Å²) >= 11 is 0. The van der Waals surface area contributed by atoms with E-state index in [9.17, 15) is 4.79 Å². The molecule has 2 atom stereocenters. The first-order valence-electron chi connectivity index (χ1n) is 5.30. The molecule has 1 unspecified atom stereocenters. The maximum atomic E-state index is 10.4. The van der Waals surface area contributed by atoms with E-state index in [1.807, 2.05) is 19.9 Å². The molecule has 1 amide bonds. The summed E-state index contributed by atoms with van der Waals surface area (Å²) in [4.78, 5) is 10.4. The van der Waals surface area contributed by atoms with Crippen molar-refractivity contribution in [3.63, 3.8) is 0 Å². The minimum atomic E-state index is -0.183. The molecule has 4 heteroatoms. The second-order valence-corrected chi connectivity index (χ2v) is 3.86. The van der Waals surface area contributed by atoms with Crippen molar-refractivity contribution >= 4 is 6.41 Å². The number of carbonyl (C=O) groups excluding carboxylic acids is 1. The Morgan fingerprint density at radius 2 is 1.93 bits per heavy atom. The quantitative estimate of drug-likeness (QED) is 0.472. The Hall–Kier alpha value is -1.03. The van der Waals surface area contributed by atoms with E-state index in [0.717, 1.165) is 0 Å². The highest BCUT2D eigenvalue weighted by Crippen LogP contribution is 2.00. The van der Waals surface area contributed by atoms with Crippen LogP contribution in [-0.2, 0) is 9.53 Å². The summed E-state index contributed by atoms with van der Waals surface area (Å²) in [7, 11) is 0. The van der Waals surface area contributed by atoms with Crippen LogP contribution in [0.15, 0.2) is 12.3 Å². The Morgan fingerprint density at radius 1 is 1.27 bits per heavy atom. The van der Waals surface area contributed by atoms with Crippen LogP contribution in [-0.4, -0.2) is 25.3 Å². The average molecular weight is 214 g/mol. The molecule has 4 nitrogen and oxygen atoms in total. The zero-order chi connectivity index (χ0) is 11.7. The lowest BCUT2D eigenvalue weighted by Gasteiger charge is -2.24. The lowest BCUT2D eigenvalue weighted by molar-refractivity contribution is -0.111. The maximum Gasteiger partial charge on any atom is 0.208 e. The van der Waals surface area contributed by atoms with Crippen LogP contribution < -0.4 is 10.6 Å². The minimum absolute atomic E-state index is 0.0613. The number of amides is 1. The van der Waals surface area contributed by atoms with Gasteiger partial charge in [-0.25, -0.2) is 0 Å². The second kappa shape index (κ2) is 8.29. The molecule has 0 aromatic rings. The third-order valence-electron chi connectivity index (χ3n) is 1.85. The third kappa shape index (κ3) is 6.96. The molecule has 0 bridgehead atoms. The molecule has 0 rings (SSSR count). The van der Waals surface area contributed by atoms with Gasteiger partial charge in [0.15, 0.2) is 0 Å². The van der Waals surface area contributed by atoms with E-state index < -0.39 is 0 Å². The molecule has 0 aliphatic heterocycles. The molecule has 0 aliphatic rings. The fourth-order valence-corrected chi connectivity index (χ4v) is 1.03. The normalized spacial score (nSPS) is 15.3. The molecule has 0 spiro atoms. The van der Waals surface area contributed by atoms with Gasteiger partial charge in [0, 0.05) is 6.61 Å². The molecule has 0 heterocycles. The van der Waals surface area contributed by atoms with Crippen LogP contribution in [0, 0.1) is 5.92 Å². The van der Waals surface area contributed by atoms with Gasteiger partial charge in [0.05, 0.1) is 6.10 Å². The van der Waals surface area contributed by atoms with Gasteiger partial charge in [0.2, 0.25) is 6.41 Å². The molecule has 0 aromatic heterocycles. The SMILES string of the molecule is C/C=C/NC(NC=O)[C@H](C)OCC(C)C. The van der Waals surface area contributed by atoms with Crippen molar-refractivity contribution in [1.29, 1.82) is 0 Å². The summed E-state index contributed by atoms with van der Waals surface area (Å²) in [5.74, 6) is 0.492. The number of rotatable bonds is 8. The Balaban J connectivity index is 4.02. The monoisotopic (exact) mass is 214 g/mol. The van der Waals surface area contributed by atoms with Crippen molar-refractivity contribution in [3.8, 4) is 0 Å². The van der Waals surface area contributed by atoms with Crippen LogP contribution in [0.2, 0.25) is 0 Å². The van der Waals surface area contributed by atoms with Gasteiger partial charge in [-0.1, -0.05) is 19.9 Å². The highest BCUT2D eigenvalue weighted by atomic mass is 16.5. The van der Waals surface area contributed by atoms with Gasteiger partial charge in [-0.3, -0.25) is 4.79 Å². The van der Waals surface area contributed by atoms with Crippen LogP contribution >= 0.6 is 0 Å². The lowest BCUT2D eigenvalue weighted by Crippen LogP contribution is -2.48. The summed E-state index contributed by atoms with van der Waals surface area (Å²) in [5, 5.41) is 5.72. The standard InChI is InChI=1S/C11H22N2O2/c1-5-6-12-11(13-8-14)10(4)15-7-9(2)3/h5-6,8-12H,7H2,1-4H3,(H,13,14)/b6-5+/t10-,11?/m0/s1. The van der Waals surface area contributed by atoms with Crippen molar-refractivity contribution in [2.75, 3.05) is 6.61 Å². The first kappa shape index (κ1) is 14.0. The number of carbonyl (C=O) groups is 1. The van der Waals surface area contributed by atoms with Gasteiger partial charge in [-0.15, -0.1) is 0 Å². The zero-order valence-electron chi connectivity index (χ0n) is 9.99. The van der Waals surface area contributed by atoms with Gasteiger partial charge in [-0.05, 0) is 26.0 Å². The van der Waals surface area contributed by atoms with Crippen LogP contribution in [0.4, 0.5) is 0 Å². The molecule has 88 valence electrons. The number of ether oxygens (including phenoxy) is 1. The highest BCUT2D eigenvalue weighted by molar-refractivity contribution is 5.46. The van der Waals surface area contributed by atoms with E-state index in [2.05, 4.69) is 24.5 Å². The topological polar surface area (TPSA) is 50.4 Å². The summed E-state index contributed by atoms with van der Waals surface area (Å²) in [6.45, 7) is 8.71. The van der Waals surface area contributed by atoms with E-state index in [1.54, 1.807) is 6.20 Å². The summed E-state index contributed by atoms with van der Waals surface area (Å²) in [6, 6.07) is 0. The summed E-state index contributed by atoms with van der Waals surface area (Å²) in [5.41, 5.74) is 0. The zero-order valence-corrected chi connectivity index (χ0v) is 9.99. The first-order chi connectivity index (χ1) is 7.11. The Morgan fingerprint density at radius 3 is 2.40 bits per heavy atom. The molecular weight excluding hydrogens is 192 g/mol. The molecule has 0 aromatic carbocycles. The molecular formula is C11H22N2O2. The van der Waals surface area contributed by atoms with Crippen LogP contribution in [0.5, 0.6) is 0 Å². The number of hydrogen-bond acceptors (Lipinski definition) is 3. The van der Waals surface area contributed by atoms with E-state index in [4.69, 9.17) is 4.74 Å². The summed E-state index contributed by atoms with van der Waals surface area (Å²) in [6.07, 6.45) is 4.09. The van der Waals surface area contributed by atoms with Crippen molar-refractivity contribution in [1.82, 2.24) is 10.6 Å². The number of nitrogens with one attached hydrogen (secondary N) is 2. The van der Waals surface area contributed by atoms with Gasteiger partial charge in [0.25, 0.3) is 0 Å². The highest BCUT2D eigenvalue weighted by Gasteiger charge is 2.15. The van der Waals surface area contributed by atoms with Crippen LogP contribution in [0.3, 0.4) is 0 Å². The van der Waals surface area contributed by atoms with Crippen molar-refractivity contribution in [2.24, 2.45) is 5.92 Å². The fourth-order valence-electron chi connectivity index (χ4n) is 1.03. The number of allylic oxidation sites excluding steroid dienone is 1. The predicted octanol–water partition coefficient (Wildman–Crippen LogP) is 1.24. The van der Waals surface area contributed by atoms with E-state index in [0.29, 0.717) is 18.9 Å². The smallest absolute Gasteiger partial charge is 0.208 e. The lowest BCUT2D eigenvalue weighted by atomic mass is 10.2. The van der Waals surface area contributed by atoms with Crippen LogP contribution in [0.25, 0.3) is 0 Å². The molecule has 0 aliphatic carbocycles. The largest absolute Gasteiger partial charge is 0.374 e. The molecule has 0 fully saturated rings. The van der Waals surface area contributed by atoms with E-state index >= 15 is 0 Å². The average Bonchev–Trinajstić information content (AvgIpc) is 2.20. The van der Waals surface area contributed by atoms with Gasteiger partial charge in [0.1, 0.15) is 6.17 Å². The molecule has 15 heavy (non-hydrogen) atoms. The Bertz CT molecular complexity index is 193. The molecule has 0 saturated carbocycles. The third-order valence-corrected chi connectivity index (χ3v) is 1.85. The van der Waals surface area contributed by atoms with Gasteiger partial charge in [-0.2, -0.15) is 0 Å². The minimum Gasteiger partial charge on any atom is -0.374 e. The second-order valence-electron chi connectivity index (χ2n) is 3.86. The molecule has 2 N–H and O–H groups in total. The maximum absolute atomic E-state index is 10.4. The Kier molecular flexibility index (Phi) is 7.72. The van der Waals surface area contributed by atoms with Crippen molar-refractivity contribution in [2.45, 2.75) is 40.0 Å².